The summed E-state index contributed by atoms with van der Waals surface area (Å²) >= 11 is 0. The number of guanidine groups is 1. The number of rotatable bonds is 19. The van der Waals surface area contributed by atoms with Crippen molar-refractivity contribution in [2.75, 3.05) is 6.54 Å². The van der Waals surface area contributed by atoms with Crippen LogP contribution in [0.1, 0.15) is 44.1 Å². The number of phenols is 1. The number of hydrogen-bond donors (Lipinski definition) is 10. The maximum atomic E-state index is 13.2. The summed E-state index contributed by atoms with van der Waals surface area (Å²) in [6, 6.07) is 0.411. The van der Waals surface area contributed by atoms with Gasteiger partial charge in [-0.25, -0.2) is 4.79 Å². The lowest BCUT2D eigenvalue weighted by molar-refractivity contribution is -0.144. The molecule has 42 heavy (non-hydrogen) atoms. The molecule has 0 spiro atoms. The minimum atomic E-state index is -1.62. The number of nitrogens with one attached hydrogen (secondary N) is 3. The van der Waals surface area contributed by atoms with Crippen molar-refractivity contribution < 1.29 is 49.2 Å². The highest BCUT2D eigenvalue weighted by atomic mass is 16.4. The molecule has 0 saturated heterocycles. The summed E-state index contributed by atoms with van der Waals surface area (Å²) in [6.07, 6.45) is -1.81. The predicted molar refractivity (Wildman–Crippen MR) is 147 cm³/mol. The number of amides is 3. The second kappa shape index (κ2) is 17.7. The lowest BCUT2D eigenvalue weighted by atomic mass is 10.0. The first-order valence-electron chi connectivity index (χ1n) is 12.9. The molecule has 0 aromatic heterocycles. The Hall–Kier alpha value is -4.93. The number of carbonyl (C=O) groups is 6. The van der Waals surface area contributed by atoms with Gasteiger partial charge in [-0.15, -0.1) is 0 Å². The Morgan fingerprint density at radius 2 is 1.21 bits per heavy atom. The molecule has 0 radical (unpaired) electrons. The number of carbonyl (C=O) groups excluding carboxylic acids is 3. The number of aromatic hydroxyl groups is 1. The van der Waals surface area contributed by atoms with Crippen molar-refractivity contribution in [3.8, 4) is 5.75 Å². The van der Waals surface area contributed by atoms with Crippen molar-refractivity contribution in [1.29, 1.82) is 0 Å². The van der Waals surface area contributed by atoms with Crippen LogP contribution in [0.15, 0.2) is 29.3 Å². The van der Waals surface area contributed by atoms with Crippen LogP contribution in [0.5, 0.6) is 5.75 Å². The molecule has 232 valence electrons. The zero-order valence-electron chi connectivity index (χ0n) is 22.7. The van der Waals surface area contributed by atoms with Crippen LogP contribution in [0, 0.1) is 0 Å². The summed E-state index contributed by atoms with van der Waals surface area (Å²) in [7, 11) is 0. The van der Waals surface area contributed by atoms with Crippen LogP contribution < -0.4 is 33.2 Å². The van der Waals surface area contributed by atoms with E-state index in [-0.39, 0.29) is 37.5 Å². The van der Waals surface area contributed by atoms with Crippen molar-refractivity contribution in [2.24, 2.45) is 22.2 Å². The second-order valence-electron chi connectivity index (χ2n) is 9.31. The Bertz CT molecular complexity index is 1140. The Labute approximate surface area is 240 Å². The average molecular weight is 596 g/mol. The lowest BCUT2D eigenvalue weighted by Gasteiger charge is -2.25. The van der Waals surface area contributed by atoms with E-state index in [1.54, 1.807) is 12.1 Å². The Kier molecular flexibility index (Phi) is 14.8. The minimum Gasteiger partial charge on any atom is -0.508 e. The molecule has 4 unspecified atom stereocenters. The van der Waals surface area contributed by atoms with Crippen LogP contribution in [0.4, 0.5) is 0 Å². The molecule has 1 rings (SSSR count). The largest absolute Gasteiger partial charge is 0.508 e. The first kappa shape index (κ1) is 35.1. The highest BCUT2D eigenvalue weighted by molar-refractivity contribution is 5.94. The summed E-state index contributed by atoms with van der Waals surface area (Å²) in [5.41, 5.74) is 17.3. The molecule has 4 atom stereocenters. The first-order chi connectivity index (χ1) is 19.7. The van der Waals surface area contributed by atoms with Gasteiger partial charge in [0.25, 0.3) is 0 Å². The van der Waals surface area contributed by atoms with Crippen molar-refractivity contribution in [1.82, 2.24) is 16.0 Å². The van der Waals surface area contributed by atoms with Crippen molar-refractivity contribution in [3.63, 3.8) is 0 Å². The summed E-state index contributed by atoms with van der Waals surface area (Å²) in [5.74, 6) is -6.98. The van der Waals surface area contributed by atoms with E-state index < -0.39 is 85.5 Å². The molecule has 0 aliphatic rings. The van der Waals surface area contributed by atoms with E-state index in [4.69, 9.17) is 27.4 Å². The normalized spacial score (nSPS) is 13.5. The van der Waals surface area contributed by atoms with Gasteiger partial charge in [-0.05, 0) is 49.8 Å². The van der Waals surface area contributed by atoms with E-state index in [1.165, 1.54) is 12.1 Å². The summed E-state index contributed by atoms with van der Waals surface area (Å²) in [4.78, 5) is 76.2. The molecular formula is C25H37N7O10. The average Bonchev–Trinajstić information content (AvgIpc) is 2.90. The third kappa shape index (κ3) is 13.9. The van der Waals surface area contributed by atoms with Crippen molar-refractivity contribution >= 4 is 41.6 Å². The van der Waals surface area contributed by atoms with Gasteiger partial charge >= 0.3 is 17.9 Å². The molecule has 0 bridgehead atoms. The molecule has 3 amide bonds. The summed E-state index contributed by atoms with van der Waals surface area (Å²) < 4.78 is 0. The van der Waals surface area contributed by atoms with Gasteiger partial charge in [0, 0.05) is 19.4 Å². The number of hydrogen-bond acceptors (Lipinski definition) is 9. The van der Waals surface area contributed by atoms with Crippen LogP contribution >= 0.6 is 0 Å². The molecular weight excluding hydrogens is 558 g/mol. The third-order valence-electron chi connectivity index (χ3n) is 5.85. The van der Waals surface area contributed by atoms with Crippen LogP contribution in [0.25, 0.3) is 0 Å². The SMILES string of the molecule is NC(N)=NCCCC(NC(=O)C(N)Cc1ccc(O)cc1)C(=O)NC(CCC(=O)O)C(=O)NC(CCC(=O)O)C(=O)O. The van der Waals surface area contributed by atoms with E-state index in [2.05, 4.69) is 20.9 Å². The van der Waals surface area contributed by atoms with Crippen molar-refractivity contribution in [3.05, 3.63) is 29.8 Å². The van der Waals surface area contributed by atoms with Crippen LogP contribution in [-0.4, -0.2) is 92.7 Å². The molecule has 1 aromatic rings. The number of phenolic OH excluding ortho intramolecular Hbond substituents is 1. The van der Waals surface area contributed by atoms with Gasteiger partial charge in [-0.2, -0.15) is 0 Å². The number of aliphatic carboxylic acids is 3. The fourth-order valence-electron chi connectivity index (χ4n) is 3.64. The third-order valence-corrected chi connectivity index (χ3v) is 5.85. The zero-order chi connectivity index (χ0) is 31.8. The molecule has 17 nitrogen and oxygen atoms in total. The number of carboxylic acid groups (broad SMARTS) is 3. The predicted octanol–water partition coefficient (Wildman–Crippen LogP) is -2.42. The summed E-state index contributed by atoms with van der Waals surface area (Å²) in [6.45, 7) is 0.0916. The van der Waals surface area contributed by atoms with E-state index >= 15 is 0 Å². The Morgan fingerprint density at radius 3 is 1.71 bits per heavy atom. The van der Waals surface area contributed by atoms with E-state index in [0.29, 0.717) is 5.56 Å². The summed E-state index contributed by atoms with van der Waals surface area (Å²) in [5, 5.41) is 43.6. The Morgan fingerprint density at radius 1 is 0.738 bits per heavy atom. The topological polar surface area (TPSA) is 310 Å². The maximum absolute atomic E-state index is 13.2. The number of nitrogens with zero attached hydrogens (tertiary/aromatic N) is 1. The van der Waals surface area contributed by atoms with E-state index in [9.17, 15) is 39.0 Å². The quantitative estimate of drug-likeness (QED) is 0.0453. The Balaban J connectivity index is 3.08. The lowest BCUT2D eigenvalue weighted by Crippen LogP contribution is -2.57. The smallest absolute Gasteiger partial charge is 0.326 e. The molecule has 0 fully saturated rings. The fraction of sp³-hybridized carbons (Fsp3) is 0.480. The number of benzene rings is 1. The maximum Gasteiger partial charge on any atom is 0.326 e. The first-order valence-corrected chi connectivity index (χ1v) is 12.9. The van der Waals surface area contributed by atoms with Gasteiger partial charge in [-0.1, -0.05) is 12.1 Å². The molecule has 0 aliphatic heterocycles. The standard InChI is InChI=1S/C25H37N7O10/c26-15(12-13-3-5-14(33)6-4-13)21(38)30-16(2-1-11-29-25(27)28)22(39)31-17(7-9-19(34)35)23(40)32-18(24(41)42)8-10-20(36)37/h3-6,15-18,33H,1-2,7-12,26H2,(H,30,38)(H,31,39)(H,32,40)(H,34,35)(H,36,37)(H,41,42)(H4,27,28,29). The van der Waals surface area contributed by atoms with Gasteiger partial charge in [0.15, 0.2) is 5.96 Å². The van der Waals surface area contributed by atoms with Gasteiger partial charge in [0.05, 0.1) is 6.04 Å². The molecule has 13 N–H and O–H groups in total. The van der Waals surface area contributed by atoms with Crippen LogP contribution in [0.3, 0.4) is 0 Å². The molecule has 0 aliphatic carbocycles. The van der Waals surface area contributed by atoms with Crippen molar-refractivity contribution in [2.45, 2.75) is 69.1 Å². The van der Waals surface area contributed by atoms with Crippen LogP contribution in [-0.2, 0) is 35.2 Å². The van der Waals surface area contributed by atoms with Gasteiger partial charge < -0.3 is 53.6 Å². The fourth-order valence-corrected chi connectivity index (χ4v) is 3.64. The van der Waals surface area contributed by atoms with E-state index in [1.807, 2.05) is 0 Å². The molecule has 0 heterocycles. The number of aliphatic imine (C=N–C) groups is 1. The molecule has 17 heteroatoms. The second-order valence-corrected chi connectivity index (χ2v) is 9.31. The van der Waals surface area contributed by atoms with Gasteiger partial charge in [-0.3, -0.25) is 29.0 Å². The molecule has 0 saturated carbocycles. The van der Waals surface area contributed by atoms with Gasteiger partial charge in [0.2, 0.25) is 17.7 Å². The number of nitrogens with two attached hydrogens (primary N) is 3. The number of carboxylic acids is 3. The highest BCUT2D eigenvalue weighted by Gasteiger charge is 2.30. The molecule has 1 aromatic carbocycles. The minimum absolute atomic E-state index is 0.0207. The highest BCUT2D eigenvalue weighted by Crippen LogP contribution is 2.11. The zero-order valence-corrected chi connectivity index (χ0v) is 22.7. The van der Waals surface area contributed by atoms with Gasteiger partial charge in [0.1, 0.15) is 23.9 Å². The monoisotopic (exact) mass is 595 g/mol. The van der Waals surface area contributed by atoms with E-state index in [0.717, 1.165) is 0 Å². The van der Waals surface area contributed by atoms with Crippen LogP contribution in [0.2, 0.25) is 0 Å².